The van der Waals surface area contributed by atoms with Crippen LogP contribution < -0.4 is 15.8 Å². The molecule has 1 aromatic heterocycles. The fourth-order valence-corrected chi connectivity index (χ4v) is 4.67. The molecule has 40 heavy (non-hydrogen) atoms. The lowest BCUT2D eigenvalue weighted by Crippen LogP contribution is -2.55. The third kappa shape index (κ3) is 5.98. The lowest BCUT2D eigenvalue weighted by molar-refractivity contribution is -0.138. The summed E-state index contributed by atoms with van der Waals surface area (Å²) in [6.07, 6.45) is -8.98. The Morgan fingerprint density at radius 1 is 0.950 bits per heavy atom. The predicted octanol–water partition coefficient (Wildman–Crippen LogP) is 6.00. The smallest absolute Gasteiger partial charge is 0.367 e. The van der Waals surface area contributed by atoms with Crippen LogP contribution >= 0.6 is 0 Å². The van der Waals surface area contributed by atoms with Gasteiger partial charge >= 0.3 is 12.4 Å². The van der Waals surface area contributed by atoms with E-state index in [-0.39, 0.29) is 40.7 Å². The van der Waals surface area contributed by atoms with Crippen molar-refractivity contribution in [2.24, 2.45) is 0 Å². The summed E-state index contributed by atoms with van der Waals surface area (Å²) in [7, 11) is 1.92. The zero-order chi connectivity index (χ0) is 29.6. The van der Waals surface area contributed by atoms with Crippen molar-refractivity contribution in [1.82, 2.24) is 9.88 Å². The predicted molar refractivity (Wildman–Crippen MR) is 136 cm³/mol. The molecule has 0 bridgehead atoms. The van der Waals surface area contributed by atoms with Crippen molar-refractivity contribution in [1.29, 1.82) is 0 Å². The van der Waals surface area contributed by atoms with Crippen LogP contribution in [0.4, 0.5) is 42.1 Å². The quantitative estimate of drug-likeness (QED) is 0.378. The molecule has 0 spiro atoms. The molecule has 2 atom stereocenters. The highest BCUT2D eigenvalue weighted by molar-refractivity contribution is 6.07. The van der Waals surface area contributed by atoms with Crippen molar-refractivity contribution in [2.45, 2.75) is 38.3 Å². The lowest BCUT2D eigenvalue weighted by atomic mass is 10.00. The number of aromatic nitrogens is 1. The number of aromatic amines is 1. The maximum atomic E-state index is 15.4. The zero-order valence-corrected chi connectivity index (χ0v) is 21.5. The summed E-state index contributed by atoms with van der Waals surface area (Å²) in [5.74, 6) is -2.02. The molecule has 1 aliphatic rings. The van der Waals surface area contributed by atoms with Crippen LogP contribution in [-0.2, 0) is 12.4 Å². The van der Waals surface area contributed by atoms with Crippen LogP contribution in [0.5, 0.6) is 0 Å². The molecule has 2 aromatic carbocycles. The van der Waals surface area contributed by atoms with Crippen LogP contribution in [0.3, 0.4) is 0 Å². The minimum Gasteiger partial charge on any atom is -0.367 e. The van der Waals surface area contributed by atoms with Gasteiger partial charge in [0.2, 0.25) is 5.56 Å². The maximum Gasteiger partial charge on any atom is 0.417 e. The third-order valence-corrected chi connectivity index (χ3v) is 7.03. The SMILES string of the molecule is CC1CN(c2cc(F)c(-c3ccc(C(F)(F)F)cc3)cc2NC(=O)c2c[nH]c(=O)cc2C(F)(F)F)CC(C)N1C. The number of alkyl halides is 6. The average molecular weight is 571 g/mol. The zero-order valence-electron chi connectivity index (χ0n) is 21.5. The second-order valence-corrected chi connectivity index (χ2v) is 9.77. The van der Waals surface area contributed by atoms with Gasteiger partial charge in [-0.1, -0.05) is 12.1 Å². The van der Waals surface area contributed by atoms with Gasteiger partial charge in [0.25, 0.3) is 5.91 Å². The number of amides is 1. The number of carbonyl (C=O) groups excluding carboxylic acids is 1. The van der Waals surface area contributed by atoms with Gasteiger partial charge in [-0.15, -0.1) is 0 Å². The highest BCUT2D eigenvalue weighted by Crippen LogP contribution is 2.38. The second-order valence-electron chi connectivity index (χ2n) is 9.77. The molecule has 0 radical (unpaired) electrons. The fourth-order valence-electron chi connectivity index (χ4n) is 4.67. The molecule has 6 nitrogen and oxygen atoms in total. The number of pyridine rings is 1. The molecule has 0 aliphatic carbocycles. The van der Waals surface area contributed by atoms with Gasteiger partial charge < -0.3 is 15.2 Å². The molecule has 4 rings (SSSR count). The van der Waals surface area contributed by atoms with E-state index in [1.165, 1.54) is 6.07 Å². The van der Waals surface area contributed by atoms with Crippen LogP contribution in [0.25, 0.3) is 11.1 Å². The summed E-state index contributed by atoms with van der Waals surface area (Å²) < 4.78 is 95.3. The molecular weight excluding hydrogens is 545 g/mol. The molecule has 214 valence electrons. The normalized spacial score (nSPS) is 18.6. The number of hydrogen-bond donors (Lipinski definition) is 2. The monoisotopic (exact) mass is 570 g/mol. The van der Waals surface area contributed by atoms with Crippen molar-refractivity contribution in [3.05, 3.63) is 81.5 Å². The number of nitrogens with zero attached hydrogens (tertiary/aromatic N) is 2. The summed E-state index contributed by atoms with van der Waals surface area (Å²) in [6, 6.07) is 6.23. The first kappa shape index (κ1) is 29.1. The third-order valence-electron chi connectivity index (χ3n) is 7.03. The average Bonchev–Trinajstić information content (AvgIpc) is 2.86. The Bertz CT molecular complexity index is 1450. The first-order valence-corrected chi connectivity index (χ1v) is 12.2. The van der Waals surface area contributed by atoms with E-state index in [1.807, 2.05) is 20.9 Å². The van der Waals surface area contributed by atoms with Gasteiger partial charge in [0.15, 0.2) is 0 Å². The lowest BCUT2D eigenvalue weighted by Gasteiger charge is -2.44. The van der Waals surface area contributed by atoms with E-state index in [2.05, 4.69) is 15.2 Å². The number of halogens is 7. The van der Waals surface area contributed by atoms with Crippen molar-refractivity contribution in [3.63, 3.8) is 0 Å². The van der Waals surface area contributed by atoms with E-state index < -0.39 is 46.3 Å². The van der Waals surface area contributed by atoms with Gasteiger partial charge in [0.1, 0.15) is 5.82 Å². The number of rotatable bonds is 4. The second kappa shape index (κ2) is 10.6. The molecule has 1 fully saturated rings. The van der Waals surface area contributed by atoms with Crippen molar-refractivity contribution in [3.8, 4) is 11.1 Å². The molecule has 2 heterocycles. The Morgan fingerprint density at radius 3 is 2.10 bits per heavy atom. The molecule has 1 amide bonds. The number of nitrogens with one attached hydrogen (secondary N) is 2. The molecule has 1 saturated heterocycles. The van der Waals surface area contributed by atoms with E-state index in [9.17, 15) is 35.9 Å². The van der Waals surface area contributed by atoms with Gasteiger partial charge in [0.05, 0.1) is 28.1 Å². The molecule has 13 heteroatoms. The highest BCUT2D eigenvalue weighted by Gasteiger charge is 2.36. The Kier molecular flexibility index (Phi) is 7.72. The van der Waals surface area contributed by atoms with Crippen molar-refractivity contribution in [2.75, 3.05) is 30.4 Å². The molecule has 3 aromatic rings. The van der Waals surface area contributed by atoms with E-state index >= 15 is 4.39 Å². The van der Waals surface area contributed by atoms with Crippen LogP contribution in [0.1, 0.15) is 35.3 Å². The topological polar surface area (TPSA) is 68.4 Å². The van der Waals surface area contributed by atoms with Gasteiger partial charge in [-0.05, 0) is 50.7 Å². The Morgan fingerprint density at radius 2 is 1.55 bits per heavy atom. The summed E-state index contributed by atoms with van der Waals surface area (Å²) in [6.45, 7) is 4.66. The number of H-pyrrole nitrogens is 1. The fraction of sp³-hybridized carbons (Fsp3) is 0.333. The largest absolute Gasteiger partial charge is 0.417 e. The Hall–Kier alpha value is -3.87. The standard InChI is InChI=1S/C27H25F7N4O2/c1-14-12-38(13-15(2)37(14)3)23-10-21(28)18(16-4-6-17(7-5-16)26(29,30)31)8-22(23)36-25(40)19-11-35-24(39)9-20(19)27(32,33)34/h4-11,14-15H,12-13H2,1-3H3,(H,35,39)(H,36,40). The number of hydrogen-bond acceptors (Lipinski definition) is 4. The summed E-state index contributed by atoms with van der Waals surface area (Å²) in [4.78, 5) is 30.6. The number of anilines is 2. The van der Waals surface area contributed by atoms with E-state index in [0.29, 0.717) is 19.3 Å². The van der Waals surface area contributed by atoms with Gasteiger partial charge in [-0.3, -0.25) is 14.5 Å². The van der Waals surface area contributed by atoms with Gasteiger partial charge in [0, 0.05) is 43.0 Å². The van der Waals surface area contributed by atoms with Crippen LogP contribution in [-0.4, -0.2) is 48.0 Å². The Balaban J connectivity index is 1.81. The minimum atomic E-state index is -5.01. The first-order chi connectivity index (χ1) is 18.6. The number of likely N-dealkylation sites (N-methyl/N-ethyl adjacent to an activating group) is 1. The Labute approximate surface area is 224 Å². The minimum absolute atomic E-state index is 0.000910. The summed E-state index contributed by atoms with van der Waals surface area (Å²) in [5, 5.41) is 2.41. The number of piperazine rings is 1. The molecule has 1 aliphatic heterocycles. The molecule has 2 unspecified atom stereocenters. The van der Waals surface area contributed by atoms with Gasteiger partial charge in [-0.2, -0.15) is 26.3 Å². The van der Waals surface area contributed by atoms with Crippen molar-refractivity contribution < 1.29 is 35.5 Å². The number of carbonyl (C=O) groups is 1. The molecule has 0 saturated carbocycles. The van der Waals surface area contributed by atoms with E-state index in [0.717, 1.165) is 30.3 Å². The van der Waals surface area contributed by atoms with E-state index in [1.54, 1.807) is 4.90 Å². The van der Waals surface area contributed by atoms with Gasteiger partial charge in [-0.25, -0.2) is 4.39 Å². The summed E-state index contributed by atoms with van der Waals surface area (Å²) in [5.41, 5.74) is -4.29. The van der Waals surface area contributed by atoms with Crippen molar-refractivity contribution >= 4 is 17.3 Å². The first-order valence-electron chi connectivity index (χ1n) is 12.2. The number of benzene rings is 2. The van der Waals surface area contributed by atoms with Crippen LogP contribution in [0, 0.1) is 5.82 Å². The maximum absolute atomic E-state index is 15.4. The van der Waals surface area contributed by atoms with E-state index in [4.69, 9.17) is 0 Å². The molecule has 2 N–H and O–H groups in total. The van der Waals surface area contributed by atoms with Crippen LogP contribution in [0.2, 0.25) is 0 Å². The van der Waals surface area contributed by atoms with Crippen LogP contribution in [0.15, 0.2) is 53.5 Å². The summed E-state index contributed by atoms with van der Waals surface area (Å²) >= 11 is 0. The molecular formula is C27H25F7N4O2. The highest BCUT2D eigenvalue weighted by atomic mass is 19.4.